The molecule has 1 amide bonds. The third kappa shape index (κ3) is 3.08. The molecule has 1 heterocycles. The van der Waals surface area contributed by atoms with Gasteiger partial charge in [0.2, 0.25) is 0 Å². The maximum absolute atomic E-state index is 12.8. The van der Waals surface area contributed by atoms with Gasteiger partial charge in [-0.1, -0.05) is 48.5 Å². The zero-order valence-electron chi connectivity index (χ0n) is 14.2. The Morgan fingerprint density at radius 2 is 1.71 bits per heavy atom. The highest BCUT2D eigenvalue weighted by atomic mass is 16.2. The van der Waals surface area contributed by atoms with E-state index in [4.69, 9.17) is 0 Å². The van der Waals surface area contributed by atoms with Crippen LogP contribution in [-0.2, 0) is 6.54 Å². The molecule has 122 valence electrons. The van der Waals surface area contributed by atoms with E-state index in [2.05, 4.69) is 5.10 Å². The molecule has 2 aromatic carbocycles. The molecule has 3 rings (SSSR count). The van der Waals surface area contributed by atoms with Gasteiger partial charge in [-0.2, -0.15) is 5.10 Å². The fourth-order valence-electron chi connectivity index (χ4n) is 2.80. The van der Waals surface area contributed by atoms with Crippen LogP contribution in [0, 0.1) is 13.8 Å². The lowest BCUT2D eigenvalue weighted by atomic mass is 10.1. The van der Waals surface area contributed by atoms with Gasteiger partial charge in [0.05, 0.1) is 23.1 Å². The lowest BCUT2D eigenvalue weighted by molar-refractivity contribution is 0.0784. The maximum atomic E-state index is 12.8. The van der Waals surface area contributed by atoms with Crippen molar-refractivity contribution in [2.24, 2.45) is 0 Å². The number of benzene rings is 2. The van der Waals surface area contributed by atoms with Crippen molar-refractivity contribution in [1.82, 2.24) is 14.7 Å². The summed E-state index contributed by atoms with van der Waals surface area (Å²) in [6.45, 7) is 4.55. The number of rotatable bonds is 4. The Hall–Kier alpha value is -2.88. The smallest absolute Gasteiger partial charge is 0.257 e. The molecule has 0 saturated carbocycles. The van der Waals surface area contributed by atoms with Crippen LogP contribution < -0.4 is 0 Å². The maximum Gasteiger partial charge on any atom is 0.257 e. The second kappa shape index (κ2) is 6.71. The van der Waals surface area contributed by atoms with E-state index in [1.165, 1.54) is 0 Å². The lowest BCUT2D eigenvalue weighted by Gasteiger charge is -2.17. The Bertz CT molecular complexity index is 852. The van der Waals surface area contributed by atoms with Gasteiger partial charge >= 0.3 is 0 Å². The standard InChI is InChI=1S/C20H21N3O/c1-15-9-7-8-12-19(15)23-16(2)18(13-21-23)20(24)22(3)14-17-10-5-4-6-11-17/h4-13H,14H2,1-3H3. The topological polar surface area (TPSA) is 38.1 Å². The predicted molar refractivity (Wildman–Crippen MR) is 95.3 cm³/mol. The molecule has 4 heteroatoms. The van der Waals surface area contributed by atoms with Crippen LogP contribution in [0.3, 0.4) is 0 Å². The zero-order chi connectivity index (χ0) is 17.1. The van der Waals surface area contributed by atoms with Crippen LogP contribution in [-0.4, -0.2) is 27.6 Å². The molecular formula is C20H21N3O. The fourth-order valence-corrected chi connectivity index (χ4v) is 2.80. The highest BCUT2D eigenvalue weighted by molar-refractivity contribution is 5.95. The van der Waals surface area contributed by atoms with Crippen molar-refractivity contribution in [3.8, 4) is 5.69 Å². The van der Waals surface area contributed by atoms with Crippen molar-refractivity contribution in [3.63, 3.8) is 0 Å². The van der Waals surface area contributed by atoms with Gasteiger partial charge < -0.3 is 4.90 Å². The Morgan fingerprint density at radius 1 is 1.04 bits per heavy atom. The van der Waals surface area contributed by atoms with Crippen LogP contribution >= 0.6 is 0 Å². The van der Waals surface area contributed by atoms with E-state index < -0.39 is 0 Å². The van der Waals surface area contributed by atoms with Crippen LogP contribution in [0.25, 0.3) is 5.69 Å². The molecular weight excluding hydrogens is 298 g/mol. The molecule has 24 heavy (non-hydrogen) atoms. The summed E-state index contributed by atoms with van der Waals surface area (Å²) in [4.78, 5) is 14.5. The third-order valence-electron chi connectivity index (χ3n) is 4.19. The summed E-state index contributed by atoms with van der Waals surface area (Å²) in [6, 6.07) is 18.0. The highest BCUT2D eigenvalue weighted by Gasteiger charge is 2.19. The first kappa shape index (κ1) is 16.0. The normalized spacial score (nSPS) is 10.6. The van der Waals surface area contributed by atoms with Gasteiger partial charge in [0.25, 0.3) is 5.91 Å². The molecule has 0 fully saturated rings. The SMILES string of the molecule is Cc1ccccc1-n1ncc(C(=O)N(C)Cc2ccccc2)c1C. The Morgan fingerprint density at radius 3 is 2.42 bits per heavy atom. The fraction of sp³-hybridized carbons (Fsp3) is 0.200. The first-order chi connectivity index (χ1) is 11.6. The van der Waals surface area contributed by atoms with E-state index in [0.29, 0.717) is 12.1 Å². The average Bonchev–Trinajstić information content (AvgIpc) is 2.97. The molecule has 3 aromatic rings. The number of nitrogens with zero attached hydrogens (tertiary/aromatic N) is 3. The number of aryl methyl sites for hydroxylation is 1. The van der Waals surface area contributed by atoms with E-state index in [1.807, 2.05) is 80.2 Å². The largest absolute Gasteiger partial charge is 0.337 e. The van der Waals surface area contributed by atoms with Gasteiger partial charge in [0, 0.05) is 13.6 Å². The Kier molecular flexibility index (Phi) is 4.47. The molecule has 1 aromatic heterocycles. The van der Waals surface area contributed by atoms with E-state index in [1.54, 1.807) is 11.1 Å². The minimum atomic E-state index is -0.0174. The third-order valence-corrected chi connectivity index (χ3v) is 4.19. The Labute approximate surface area is 142 Å². The summed E-state index contributed by atoms with van der Waals surface area (Å²) in [6.07, 6.45) is 1.66. The van der Waals surface area contributed by atoms with E-state index >= 15 is 0 Å². The highest BCUT2D eigenvalue weighted by Crippen LogP contribution is 2.19. The molecule has 0 aliphatic rings. The van der Waals surface area contributed by atoms with Crippen LogP contribution in [0.2, 0.25) is 0 Å². The number of carbonyl (C=O) groups is 1. The van der Waals surface area contributed by atoms with Gasteiger partial charge in [0.1, 0.15) is 0 Å². The van der Waals surface area contributed by atoms with Gasteiger partial charge in [0.15, 0.2) is 0 Å². The molecule has 0 N–H and O–H groups in total. The molecule has 0 aliphatic carbocycles. The summed E-state index contributed by atoms with van der Waals surface area (Å²) in [5.41, 5.74) is 4.73. The molecule has 0 bridgehead atoms. The van der Waals surface area contributed by atoms with Crippen LogP contribution in [0.1, 0.15) is 27.2 Å². The van der Waals surface area contributed by atoms with Gasteiger partial charge in [-0.15, -0.1) is 0 Å². The summed E-state index contributed by atoms with van der Waals surface area (Å²) in [5, 5.41) is 4.43. The minimum absolute atomic E-state index is 0.0174. The molecule has 0 aliphatic heterocycles. The van der Waals surface area contributed by atoms with Crippen molar-refractivity contribution in [1.29, 1.82) is 0 Å². The van der Waals surface area contributed by atoms with Crippen molar-refractivity contribution < 1.29 is 4.79 Å². The molecule has 0 atom stereocenters. The number of hydrogen-bond donors (Lipinski definition) is 0. The second-order valence-corrected chi connectivity index (χ2v) is 5.99. The number of amides is 1. The van der Waals surface area contributed by atoms with Crippen LogP contribution in [0.4, 0.5) is 0 Å². The van der Waals surface area contributed by atoms with Crippen molar-refractivity contribution in [2.75, 3.05) is 7.05 Å². The molecule has 0 saturated heterocycles. The van der Waals surface area contributed by atoms with E-state index in [9.17, 15) is 4.79 Å². The summed E-state index contributed by atoms with van der Waals surface area (Å²) in [5.74, 6) is -0.0174. The lowest BCUT2D eigenvalue weighted by Crippen LogP contribution is -2.26. The zero-order valence-corrected chi connectivity index (χ0v) is 14.2. The van der Waals surface area contributed by atoms with Gasteiger partial charge in [-0.25, -0.2) is 4.68 Å². The number of hydrogen-bond acceptors (Lipinski definition) is 2. The first-order valence-electron chi connectivity index (χ1n) is 7.98. The number of aromatic nitrogens is 2. The summed E-state index contributed by atoms with van der Waals surface area (Å²) in [7, 11) is 1.82. The monoisotopic (exact) mass is 319 g/mol. The van der Waals surface area contributed by atoms with E-state index in [-0.39, 0.29) is 5.91 Å². The van der Waals surface area contributed by atoms with Crippen molar-refractivity contribution in [2.45, 2.75) is 20.4 Å². The van der Waals surface area contributed by atoms with Crippen LogP contribution in [0.15, 0.2) is 60.8 Å². The number of para-hydroxylation sites is 1. The first-order valence-corrected chi connectivity index (χ1v) is 7.98. The van der Waals surface area contributed by atoms with Crippen LogP contribution in [0.5, 0.6) is 0 Å². The number of carbonyl (C=O) groups excluding carboxylic acids is 1. The summed E-state index contributed by atoms with van der Waals surface area (Å²) < 4.78 is 1.83. The Balaban J connectivity index is 1.85. The summed E-state index contributed by atoms with van der Waals surface area (Å²) >= 11 is 0. The molecule has 0 spiro atoms. The molecule has 4 nitrogen and oxygen atoms in total. The van der Waals surface area contributed by atoms with Crippen molar-refractivity contribution in [3.05, 3.63) is 83.2 Å². The van der Waals surface area contributed by atoms with Gasteiger partial charge in [-0.05, 0) is 31.0 Å². The van der Waals surface area contributed by atoms with Gasteiger partial charge in [-0.3, -0.25) is 4.79 Å². The molecule has 0 unspecified atom stereocenters. The quantitative estimate of drug-likeness (QED) is 0.734. The predicted octanol–water partition coefficient (Wildman–Crippen LogP) is 3.76. The average molecular weight is 319 g/mol. The minimum Gasteiger partial charge on any atom is -0.337 e. The second-order valence-electron chi connectivity index (χ2n) is 5.99. The van der Waals surface area contributed by atoms with Crippen molar-refractivity contribution >= 4 is 5.91 Å². The van der Waals surface area contributed by atoms with E-state index in [0.717, 1.165) is 22.5 Å². The molecule has 0 radical (unpaired) electrons.